The van der Waals surface area contributed by atoms with Gasteiger partial charge in [-0.05, 0) is 30.5 Å². The smallest absolute Gasteiger partial charge is 0.0468 e. The van der Waals surface area contributed by atoms with Crippen LogP contribution in [0.1, 0.15) is 24.4 Å². The van der Waals surface area contributed by atoms with Crippen molar-refractivity contribution in [1.29, 1.82) is 0 Å². The Morgan fingerprint density at radius 1 is 1.36 bits per heavy atom. The molecular weight excluding hydrogens is 221 g/mol. The molecule has 1 aromatic carbocycles. The van der Waals surface area contributed by atoms with Crippen LogP contribution in [0.5, 0.6) is 0 Å². The average Bonchev–Trinajstić information content (AvgIpc) is 2.14. The zero-order valence-corrected chi connectivity index (χ0v) is 9.22. The van der Waals surface area contributed by atoms with Crippen molar-refractivity contribution in [1.82, 2.24) is 0 Å². The molecule has 4 heteroatoms. The molecule has 0 aliphatic rings. The van der Waals surface area contributed by atoms with Gasteiger partial charge in [-0.3, -0.25) is 0 Å². The highest BCUT2D eigenvalue weighted by Crippen LogP contribution is 2.27. The van der Waals surface area contributed by atoms with E-state index in [9.17, 15) is 0 Å². The molecule has 0 aliphatic heterocycles. The summed E-state index contributed by atoms with van der Waals surface area (Å²) in [5, 5.41) is 9.86. The van der Waals surface area contributed by atoms with Crippen LogP contribution in [0.4, 0.5) is 0 Å². The van der Waals surface area contributed by atoms with Gasteiger partial charge >= 0.3 is 0 Å². The van der Waals surface area contributed by atoms with Crippen LogP contribution in [0.25, 0.3) is 0 Å². The van der Waals surface area contributed by atoms with E-state index in [0.717, 1.165) is 12.0 Å². The lowest BCUT2D eigenvalue weighted by Gasteiger charge is -2.12. The summed E-state index contributed by atoms with van der Waals surface area (Å²) < 4.78 is 0. The Labute approximate surface area is 93.6 Å². The van der Waals surface area contributed by atoms with Gasteiger partial charge in [0.2, 0.25) is 0 Å². The van der Waals surface area contributed by atoms with E-state index in [-0.39, 0.29) is 12.6 Å². The van der Waals surface area contributed by atoms with Gasteiger partial charge in [0.25, 0.3) is 0 Å². The monoisotopic (exact) mass is 233 g/mol. The molecule has 1 aromatic rings. The first-order valence-corrected chi connectivity index (χ1v) is 5.22. The van der Waals surface area contributed by atoms with Crippen LogP contribution in [0.15, 0.2) is 18.2 Å². The van der Waals surface area contributed by atoms with Crippen molar-refractivity contribution >= 4 is 23.2 Å². The zero-order chi connectivity index (χ0) is 10.6. The molecule has 0 spiro atoms. The number of rotatable bonds is 4. The van der Waals surface area contributed by atoms with Gasteiger partial charge in [-0.15, -0.1) is 0 Å². The highest BCUT2D eigenvalue weighted by atomic mass is 35.5. The van der Waals surface area contributed by atoms with Gasteiger partial charge in [-0.2, -0.15) is 0 Å². The van der Waals surface area contributed by atoms with Gasteiger partial charge in [0.15, 0.2) is 0 Å². The molecular formula is C10H13Cl2NO. The number of halogens is 2. The molecule has 0 bridgehead atoms. The second-order valence-electron chi connectivity index (χ2n) is 3.14. The first-order valence-electron chi connectivity index (χ1n) is 4.46. The topological polar surface area (TPSA) is 46.2 Å². The van der Waals surface area contributed by atoms with Gasteiger partial charge in [0.1, 0.15) is 0 Å². The van der Waals surface area contributed by atoms with Gasteiger partial charge in [-0.1, -0.05) is 29.3 Å². The number of hydrogen-bond donors (Lipinski definition) is 2. The predicted octanol–water partition coefficient (Wildman–Crippen LogP) is 2.77. The number of hydrogen-bond acceptors (Lipinski definition) is 2. The average molecular weight is 234 g/mol. The lowest BCUT2D eigenvalue weighted by atomic mass is 10.0. The first kappa shape index (κ1) is 11.8. The summed E-state index contributed by atoms with van der Waals surface area (Å²) in [7, 11) is 0. The van der Waals surface area contributed by atoms with Gasteiger partial charge < -0.3 is 10.8 Å². The van der Waals surface area contributed by atoms with Gasteiger partial charge in [-0.25, -0.2) is 0 Å². The van der Waals surface area contributed by atoms with Crippen LogP contribution in [-0.4, -0.2) is 11.7 Å². The van der Waals surface area contributed by atoms with Crippen LogP contribution in [0.3, 0.4) is 0 Å². The molecule has 0 radical (unpaired) electrons. The molecule has 1 rings (SSSR count). The van der Waals surface area contributed by atoms with Crippen LogP contribution >= 0.6 is 23.2 Å². The van der Waals surface area contributed by atoms with Crippen molar-refractivity contribution in [2.75, 3.05) is 6.61 Å². The van der Waals surface area contributed by atoms with Crippen molar-refractivity contribution in [3.8, 4) is 0 Å². The minimum Gasteiger partial charge on any atom is -0.396 e. The fourth-order valence-corrected chi connectivity index (χ4v) is 1.82. The number of benzene rings is 1. The van der Waals surface area contributed by atoms with Crippen molar-refractivity contribution < 1.29 is 5.11 Å². The molecule has 0 saturated carbocycles. The highest BCUT2D eigenvalue weighted by molar-refractivity contribution is 6.35. The third kappa shape index (κ3) is 3.14. The van der Waals surface area contributed by atoms with Crippen molar-refractivity contribution in [3.63, 3.8) is 0 Å². The summed E-state index contributed by atoms with van der Waals surface area (Å²) in [6.07, 6.45) is 1.40. The molecule has 0 aromatic heterocycles. The number of aliphatic hydroxyl groups is 1. The van der Waals surface area contributed by atoms with Crippen LogP contribution < -0.4 is 5.73 Å². The Kier molecular flexibility index (Phi) is 4.69. The lowest BCUT2D eigenvalue weighted by Crippen LogP contribution is -2.11. The van der Waals surface area contributed by atoms with E-state index in [4.69, 9.17) is 34.0 Å². The summed E-state index contributed by atoms with van der Waals surface area (Å²) in [6.45, 7) is 0.152. The molecule has 0 saturated heterocycles. The van der Waals surface area contributed by atoms with E-state index in [2.05, 4.69) is 0 Å². The molecule has 0 fully saturated rings. The van der Waals surface area contributed by atoms with Gasteiger partial charge in [0.05, 0.1) is 0 Å². The first-order chi connectivity index (χ1) is 6.65. The van der Waals surface area contributed by atoms with Crippen LogP contribution in [-0.2, 0) is 0 Å². The van der Waals surface area contributed by atoms with E-state index in [1.54, 1.807) is 12.1 Å². The predicted molar refractivity (Wildman–Crippen MR) is 59.7 cm³/mol. The zero-order valence-electron chi connectivity index (χ0n) is 7.71. The third-order valence-corrected chi connectivity index (χ3v) is 2.60. The summed E-state index contributed by atoms with van der Waals surface area (Å²) in [4.78, 5) is 0. The minimum absolute atomic E-state index is 0.132. The van der Waals surface area contributed by atoms with Crippen molar-refractivity contribution in [2.45, 2.75) is 18.9 Å². The molecule has 78 valence electrons. The normalized spacial score (nSPS) is 12.9. The van der Waals surface area contributed by atoms with E-state index < -0.39 is 0 Å². The van der Waals surface area contributed by atoms with E-state index in [1.165, 1.54) is 0 Å². The molecule has 1 atom stereocenters. The Morgan fingerprint density at radius 3 is 2.64 bits per heavy atom. The Hall–Kier alpha value is -0.280. The molecule has 1 unspecified atom stereocenters. The largest absolute Gasteiger partial charge is 0.396 e. The Balaban J connectivity index is 2.74. The Morgan fingerprint density at radius 2 is 2.07 bits per heavy atom. The fraction of sp³-hybridized carbons (Fsp3) is 0.400. The maximum Gasteiger partial charge on any atom is 0.0468 e. The molecule has 0 amide bonds. The SMILES string of the molecule is NC(CCCO)c1ccc(Cl)cc1Cl. The second kappa shape index (κ2) is 5.56. The standard InChI is InChI=1S/C10H13Cl2NO/c11-7-3-4-8(9(12)6-7)10(13)2-1-5-14/h3-4,6,10,14H,1-2,5,13H2. The maximum absolute atomic E-state index is 8.67. The van der Waals surface area contributed by atoms with E-state index in [0.29, 0.717) is 16.5 Å². The number of aliphatic hydroxyl groups excluding tert-OH is 1. The summed E-state index contributed by atoms with van der Waals surface area (Å²) in [5.74, 6) is 0. The van der Waals surface area contributed by atoms with Crippen LogP contribution in [0.2, 0.25) is 10.0 Å². The minimum atomic E-state index is -0.132. The molecule has 2 nitrogen and oxygen atoms in total. The van der Waals surface area contributed by atoms with E-state index >= 15 is 0 Å². The molecule has 0 heterocycles. The summed E-state index contributed by atoms with van der Waals surface area (Å²) in [6, 6.07) is 5.14. The molecule has 0 aliphatic carbocycles. The highest BCUT2D eigenvalue weighted by Gasteiger charge is 2.09. The lowest BCUT2D eigenvalue weighted by molar-refractivity contribution is 0.280. The quantitative estimate of drug-likeness (QED) is 0.841. The van der Waals surface area contributed by atoms with Crippen molar-refractivity contribution in [3.05, 3.63) is 33.8 Å². The van der Waals surface area contributed by atoms with Crippen LogP contribution in [0, 0.1) is 0 Å². The molecule has 14 heavy (non-hydrogen) atoms. The third-order valence-electron chi connectivity index (χ3n) is 2.04. The summed E-state index contributed by atoms with van der Waals surface area (Å²) in [5.41, 5.74) is 6.77. The number of nitrogens with two attached hydrogens (primary N) is 1. The Bertz CT molecular complexity index is 304. The molecule has 3 N–H and O–H groups in total. The summed E-state index contributed by atoms with van der Waals surface area (Å²) >= 11 is 11.7. The maximum atomic E-state index is 8.67. The second-order valence-corrected chi connectivity index (χ2v) is 3.98. The van der Waals surface area contributed by atoms with E-state index in [1.807, 2.05) is 6.07 Å². The van der Waals surface area contributed by atoms with Gasteiger partial charge in [0, 0.05) is 22.7 Å². The van der Waals surface area contributed by atoms with Crippen molar-refractivity contribution in [2.24, 2.45) is 5.73 Å². The fourth-order valence-electron chi connectivity index (χ4n) is 1.27.